The minimum Gasteiger partial charge on any atom is -0.370 e. The van der Waals surface area contributed by atoms with E-state index >= 15 is 0 Å². The zero-order valence-corrected chi connectivity index (χ0v) is 8.44. The van der Waals surface area contributed by atoms with Gasteiger partial charge in [0, 0.05) is 0 Å². The van der Waals surface area contributed by atoms with Crippen molar-refractivity contribution in [1.29, 1.82) is 16.0 Å². The highest BCUT2D eigenvalue weighted by molar-refractivity contribution is 7.59. The van der Waals surface area contributed by atoms with E-state index in [4.69, 9.17) is 27.4 Å². The maximum absolute atomic E-state index is 7.81. The Kier molecular flexibility index (Phi) is 3.70. The zero-order valence-electron chi connectivity index (χ0n) is 7.55. The van der Waals surface area contributed by atoms with Crippen LogP contribution >= 0.6 is 7.51 Å². The molecule has 9 N–H and O–H groups in total. The second-order valence-electron chi connectivity index (χ2n) is 2.53. The molecule has 9 heteroatoms. The molecule has 0 saturated heterocycles. The van der Waals surface area contributed by atoms with Gasteiger partial charge in [-0.1, -0.05) is 0 Å². The second kappa shape index (κ2) is 4.11. The van der Waals surface area contributed by atoms with Gasteiger partial charge in [-0.25, -0.2) is 4.67 Å². The summed E-state index contributed by atoms with van der Waals surface area (Å²) in [5, 5.41) is 26.6. The van der Waals surface area contributed by atoms with Gasteiger partial charge in [0.25, 0.3) is 0 Å². The van der Waals surface area contributed by atoms with Gasteiger partial charge < -0.3 is 11.5 Å². The van der Waals surface area contributed by atoms with Crippen LogP contribution in [0.3, 0.4) is 0 Å². The molecule has 8 nitrogen and oxygen atoms in total. The average Bonchev–Trinajstić information content (AvgIpc) is 1.82. The van der Waals surface area contributed by atoms with Gasteiger partial charge in [0.2, 0.25) is 7.51 Å². The highest BCUT2D eigenvalue weighted by atomic mass is 31.2. The monoisotopic (exact) mass is 206 g/mol. The molecule has 0 amide bonds. The number of rotatable bonds is 3. The smallest absolute Gasteiger partial charge is 0.214 e. The molecule has 0 aliphatic heterocycles. The molecule has 0 aromatic heterocycles. The second-order valence-corrected chi connectivity index (χ2v) is 5.05. The van der Waals surface area contributed by atoms with E-state index in [1.165, 1.54) is 4.67 Å². The summed E-state index contributed by atoms with van der Waals surface area (Å²) in [5.41, 5.74) is 10.2. The molecule has 0 unspecified atom stereocenters. The summed E-state index contributed by atoms with van der Waals surface area (Å²) < 4.78 is 1.50. The Bertz CT molecular complexity index is 237. The van der Waals surface area contributed by atoms with Crippen molar-refractivity contribution in [3.63, 3.8) is 0 Å². The van der Waals surface area contributed by atoms with Crippen molar-refractivity contribution in [3.05, 3.63) is 0 Å². The van der Waals surface area contributed by atoms with Gasteiger partial charge in [0.15, 0.2) is 11.9 Å². The molecule has 0 rings (SSSR count). The summed E-state index contributed by atoms with van der Waals surface area (Å²) in [7, 11) is 0.494. The first kappa shape index (κ1) is 11.7. The number of hydrogen-bond acceptors (Lipinski definition) is 3. The maximum atomic E-state index is 7.81. The lowest BCUT2D eigenvalue weighted by molar-refractivity contribution is 0.650. The predicted octanol–water partition coefficient (Wildman–Crippen LogP) is -0.961. The van der Waals surface area contributed by atoms with Crippen LogP contribution in [0.4, 0.5) is 0 Å². The number of guanidine groups is 2. The van der Waals surface area contributed by atoms with Crippen LogP contribution in [0.2, 0.25) is 0 Å². The molecule has 0 spiro atoms. The number of nitrogens with two attached hydrogens (primary N) is 2. The quantitative estimate of drug-likeness (QED) is 0.180. The Morgan fingerprint density at radius 2 is 1.46 bits per heavy atom. The molecule has 0 heterocycles. The van der Waals surface area contributed by atoms with E-state index < -0.39 is 7.51 Å². The molecule has 0 aromatic rings. The van der Waals surface area contributed by atoms with Crippen molar-refractivity contribution < 1.29 is 0 Å². The van der Waals surface area contributed by atoms with E-state index in [0.717, 1.165) is 0 Å². The first-order valence-corrected chi connectivity index (χ1v) is 5.08. The van der Waals surface area contributed by atoms with Crippen LogP contribution < -0.4 is 21.6 Å². The van der Waals surface area contributed by atoms with E-state index in [0.29, 0.717) is 0 Å². The molecular formula is C4H15N8P. The molecule has 0 aromatic carbocycles. The lowest BCUT2D eigenvalue weighted by Crippen LogP contribution is -2.42. The Morgan fingerprint density at radius 3 is 1.62 bits per heavy atom. The fourth-order valence-electron chi connectivity index (χ4n) is 0.577. The third-order valence-electron chi connectivity index (χ3n) is 1.16. The van der Waals surface area contributed by atoms with Crippen molar-refractivity contribution in [2.24, 2.45) is 11.5 Å². The summed E-state index contributed by atoms with van der Waals surface area (Å²) in [4.78, 5) is 0. The lowest BCUT2D eigenvalue weighted by atomic mass is 11.1. The molecule has 0 atom stereocenters. The SMILES string of the molecule is CN(C)P(=N)(NC(=N)N)NC(=N)N. The van der Waals surface area contributed by atoms with Crippen LogP contribution in [-0.4, -0.2) is 30.7 Å². The molecule has 13 heavy (non-hydrogen) atoms. The topological polar surface area (TPSA) is 151 Å². The normalized spacial score (nSPS) is 14.7. The Morgan fingerprint density at radius 1 is 1.15 bits per heavy atom. The lowest BCUT2D eigenvalue weighted by Gasteiger charge is -2.29. The first-order chi connectivity index (χ1) is 5.78. The fraction of sp³-hybridized carbons (Fsp3) is 0.500. The molecule has 0 radical (unpaired) electrons. The van der Waals surface area contributed by atoms with E-state index in [1.54, 1.807) is 14.1 Å². The first-order valence-electron chi connectivity index (χ1n) is 3.34. The Hall–Kier alpha value is -1.27. The Balaban J connectivity index is 4.63. The van der Waals surface area contributed by atoms with E-state index in [2.05, 4.69) is 10.2 Å². The van der Waals surface area contributed by atoms with E-state index in [-0.39, 0.29) is 11.9 Å². The van der Waals surface area contributed by atoms with Crippen molar-refractivity contribution in [3.8, 4) is 0 Å². The largest absolute Gasteiger partial charge is 0.370 e. The number of nitrogens with one attached hydrogen (secondary N) is 5. The number of nitrogens with zero attached hydrogens (tertiary/aromatic N) is 1. The van der Waals surface area contributed by atoms with Gasteiger partial charge in [0.1, 0.15) is 0 Å². The van der Waals surface area contributed by atoms with E-state index in [9.17, 15) is 0 Å². The van der Waals surface area contributed by atoms with Gasteiger partial charge in [-0.3, -0.25) is 26.2 Å². The van der Waals surface area contributed by atoms with Crippen LogP contribution in [0.1, 0.15) is 0 Å². The van der Waals surface area contributed by atoms with Gasteiger partial charge >= 0.3 is 0 Å². The van der Waals surface area contributed by atoms with Crippen molar-refractivity contribution in [2.75, 3.05) is 14.1 Å². The molecule has 0 fully saturated rings. The van der Waals surface area contributed by atoms with Crippen molar-refractivity contribution in [1.82, 2.24) is 14.8 Å². The minimum atomic E-state index is -2.77. The van der Waals surface area contributed by atoms with Gasteiger partial charge in [-0.15, -0.1) is 0 Å². The number of hydrogen-bond donors (Lipinski definition) is 7. The molecule has 0 bridgehead atoms. The summed E-state index contributed by atoms with van der Waals surface area (Å²) in [6.45, 7) is 0. The summed E-state index contributed by atoms with van der Waals surface area (Å²) >= 11 is 0. The summed E-state index contributed by atoms with van der Waals surface area (Å²) in [6, 6.07) is 0. The summed E-state index contributed by atoms with van der Waals surface area (Å²) in [5.74, 6) is -0.656. The van der Waals surface area contributed by atoms with Gasteiger partial charge in [-0.05, 0) is 14.1 Å². The Labute approximate surface area is 76.7 Å². The highest BCUT2D eigenvalue weighted by Gasteiger charge is 2.20. The third kappa shape index (κ3) is 3.77. The predicted molar refractivity (Wildman–Crippen MR) is 53.4 cm³/mol. The fourth-order valence-corrected chi connectivity index (χ4v) is 1.73. The zero-order chi connectivity index (χ0) is 10.6. The van der Waals surface area contributed by atoms with Crippen LogP contribution in [0.25, 0.3) is 0 Å². The molecular weight excluding hydrogens is 191 g/mol. The molecule has 76 valence electrons. The average molecular weight is 206 g/mol. The van der Waals surface area contributed by atoms with Crippen LogP contribution in [-0.2, 0) is 0 Å². The van der Waals surface area contributed by atoms with E-state index in [1.807, 2.05) is 0 Å². The van der Waals surface area contributed by atoms with Crippen LogP contribution in [0, 0.1) is 16.0 Å². The molecule has 0 aliphatic rings. The van der Waals surface area contributed by atoms with Gasteiger partial charge in [-0.2, -0.15) is 0 Å². The molecule has 0 saturated carbocycles. The van der Waals surface area contributed by atoms with Crippen molar-refractivity contribution in [2.45, 2.75) is 0 Å². The maximum Gasteiger partial charge on any atom is 0.214 e. The van der Waals surface area contributed by atoms with Crippen molar-refractivity contribution >= 4 is 19.4 Å². The van der Waals surface area contributed by atoms with Crippen LogP contribution in [0.5, 0.6) is 0 Å². The summed E-state index contributed by atoms with van der Waals surface area (Å²) in [6.07, 6.45) is 0. The third-order valence-corrected chi connectivity index (χ3v) is 3.49. The highest BCUT2D eigenvalue weighted by Crippen LogP contribution is 2.37. The van der Waals surface area contributed by atoms with Crippen LogP contribution in [0.15, 0.2) is 0 Å². The standard InChI is InChI=1S/C4H15N8P/c1-12(2)13(9,10-3(5)6)11-4(7)8/h1-2H3,(H9,5,6,7,8,9,10,11). The molecule has 0 aliphatic carbocycles. The van der Waals surface area contributed by atoms with Gasteiger partial charge in [0.05, 0.1) is 0 Å². The minimum absolute atomic E-state index is 0.328.